The molecule has 2 N–H and O–H groups in total. The number of rotatable bonds is 9. The second-order valence-corrected chi connectivity index (χ2v) is 6.06. The Morgan fingerprint density at radius 1 is 0.774 bits per heavy atom. The van der Waals surface area contributed by atoms with Gasteiger partial charge >= 0.3 is 5.69 Å². The van der Waals surface area contributed by atoms with Crippen LogP contribution >= 0.6 is 0 Å². The number of aromatic nitrogens is 2. The summed E-state index contributed by atoms with van der Waals surface area (Å²) in [6, 6.07) is 10.0. The zero-order chi connectivity index (χ0) is 22.4. The first-order valence-electron chi connectivity index (χ1n) is 8.98. The number of benzene rings is 2. The summed E-state index contributed by atoms with van der Waals surface area (Å²) < 4.78 is 21.0. The number of nitrogens with one attached hydrogen (secondary N) is 2. The third-order valence-electron chi connectivity index (χ3n) is 4.33. The van der Waals surface area contributed by atoms with E-state index in [9.17, 15) is 10.1 Å². The Labute approximate surface area is 178 Å². The summed E-state index contributed by atoms with van der Waals surface area (Å²) in [5.41, 5.74) is 0.592. The molecule has 0 bridgehead atoms. The third-order valence-corrected chi connectivity index (χ3v) is 4.33. The molecule has 0 fully saturated rings. The van der Waals surface area contributed by atoms with Gasteiger partial charge in [0.05, 0.1) is 44.7 Å². The van der Waals surface area contributed by atoms with Crippen LogP contribution in [0.5, 0.6) is 23.0 Å². The SMILES string of the molecule is COc1ccc(Nc2ncnc(Nc3ccc(OC)cc3OC)c2[N+](=O)[O-])c(OC)c1. The van der Waals surface area contributed by atoms with E-state index >= 15 is 0 Å². The largest absolute Gasteiger partial charge is 0.497 e. The molecule has 11 nitrogen and oxygen atoms in total. The number of hydrogen-bond donors (Lipinski definition) is 2. The molecule has 31 heavy (non-hydrogen) atoms. The van der Waals surface area contributed by atoms with E-state index in [1.165, 1.54) is 34.8 Å². The highest BCUT2D eigenvalue weighted by Gasteiger charge is 2.25. The molecule has 0 aliphatic heterocycles. The Bertz CT molecular complexity index is 1020. The highest BCUT2D eigenvalue weighted by Crippen LogP contribution is 2.38. The maximum Gasteiger partial charge on any atom is 0.353 e. The first-order valence-corrected chi connectivity index (χ1v) is 8.98. The standard InChI is InChI=1S/C20H21N5O6/c1-28-12-5-7-14(16(9-12)30-3)23-19-18(25(26)27)20(22-11-21-19)24-15-8-6-13(29-2)10-17(15)31-4/h5-11H,1-4H3,(H2,21,22,23,24). The van der Waals surface area contributed by atoms with Crippen LogP contribution in [-0.2, 0) is 0 Å². The molecule has 0 saturated carbocycles. The van der Waals surface area contributed by atoms with Crippen LogP contribution in [-0.4, -0.2) is 43.3 Å². The number of methoxy groups -OCH3 is 4. The van der Waals surface area contributed by atoms with E-state index in [1.807, 2.05) is 0 Å². The van der Waals surface area contributed by atoms with Gasteiger partial charge in [-0.1, -0.05) is 0 Å². The minimum Gasteiger partial charge on any atom is -0.497 e. The molecule has 3 rings (SSSR count). The van der Waals surface area contributed by atoms with Gasteiger partial charge in [0.25, 0.3) is 0 Å². The summed E-state index contributed by atoms with van der Waals surface area (Å²) in [5.74, 6) is 1.98. The highest BCUT2D eigenvalue weighted by atomic mass is 16.6. The highest BCUT2D eigenvalue weighted by molar-refractivity contribution is 5.79. The average Bonchev–Trinajstić information content (AvgIpc) is 2.79. The van der Waals surface area contributed by atoms with Gasteiger partial charge in [0.2, 0.25) is 11.6 Å². The summed E-state index contributed by atoms with van der Waals surface area (Å²) in [5, 5.41) is 17.7. The number of ether oxygens (including phenoxy) is 4. The quantitative estimate of drug-likeness (QED) is 0.383. The summed E-state index contributed by atoms with van der Waals surface area (Å²) in [4.78, 5) is 19.4. The minimum atomic E-state index is -0.573. The van der Waals surface area contributed by atoms with Crippen molar-refractivity contribution in [2.24, 2.45) is 0 Å². The van der Waals surface area contributed by atoms with Crippen molar-refractivity contribution in [1.29, 1.82) is 0 Å². The number of anilines is 4. The second-order valence-electron chi connectivity index (χ2n) is 6.06. The Morgan fingerprint density at radius 3 is 1.58 bits per heavy atom. The van der Waals surface area contributed by atoms with Crippen LogP contribution in [0.15, 0.2) is 42.7 Å². The molecule has 11 heteroatoms. The van der Waals surface area contributed by atoms with Gasteiger partial charge in [0, 0.05) is 12.1 Å². The predicted molar refractivity (Wildman–Crippen MR) is 114 cm³/mol. The molecule has 0 unspecified atom stereocenters. The van der Waals surface area contributed by atoms with Crippen molar-refractivity contribution in [3.8, 4) is 23.0 Å². The second kappa shape index (κ2) is 9.48. The van der Waals surface area contributed by atoms with Crippen LogP contribution in [0.25, 0.3) is 0 Å². The van der Waals surface area contributed by atoms with Crippen molar-refractivity contribution in [2.75, 3.05) is 39.1 Å². The molecular formula is C20H21N5O6. The maximum absolute atomic E-state index is 11.9. The lowest BCUT2D eigenvalue weighted by molar-refractivity contribution is -0.383. The normalized spacial score (nSPS) is 10.2. The van der Waals surface area contributed by atoms with Crippen LogP contribution in [0.1, 0.15) is 0 Å². The average molecular weight is 427 g/mol. The molecule has 3 aromatic rings. The predicted octanol–water partition coefficient (Wildman–Crippen LogP) is 3.91. The van der Waals surface area contributed by atoms with Crippen molar-refractivity contribution in [3.63, 3.8) is 0 Å². The molecule has 0 saturated heterocycles. The van der Waals surface area contributed by atoms with Crippen molar-refractivity contribution in [2.45, 2.75) is 0 Å². The van der Waals surface area contributed by atoms with E-state index in [0.29, 0.717) is 34.4 Å². The van der Waals surface area contributed by atoms with Gasteiger partial charge in [-0.3, -0.25) is 10.1 Å². The summed E-state index contributed by atoms with van der Waals surface area (Å²) >= 11 is 0. The van der Waals surface area contributed by atoms with E-state index < -0.39 is 4.92 Å². The topological polar surface area (TPSA) is 130 Å². The molecule has 0 amide bonds. The van der Waals surface area contributed by atoms with Gasteiger partial charge in [0.1, 0.15) is 29.3 Å². The van der Waals surface area contributed by atoms with Crippen molar-refractivity contribution in [1.82, 2.24) is 9.97 Å². The molecule has 1 aromatic heterocycles. The first kappa shape index (κ1) is 21.4. The van der Waals surface area contributed by atoms with Gasteiger partial charge in [0.15, 0.2) is 0 Å². The Kier molecular flexibility index (Phi) is 6.55. The smallest absolute Gasteiger partial charge is 0.353 e. The lowest BCUT2D eigenvalue weighted by Gasteiger charge is -2.14. The zero-order valence-corrected chi connectivity index (χ0v) is 17.3. The number of nitrogens with zero attached hydrogens (tertiary/aromatic N) is 3. The Hall–Kier alpha value is -4.28. The van der Waals surface area contributed by atoms with Gasteiger partial charge in [-0.05, 0) is 24.3 Å². The van der Waals surface area contributed by atoms with Crippen molar-refractivity contribution < 1.29 is 23.9 Å². The Balaban J connectivity index is 2.00. The van der Waals surface area contributed by atoms with Gasteiger partial charge < -0.3 is 29.6 Å². The number of hydrogen-bond acceptors (Lipinski definition) is 10. The van der Waals surface area contributed by atoms with Crippen LogP contribution in [0, 0.1) is 10.1 Å². The molecular weight excluding hydrogens is 406 g/mol. The van der Waals surface area contributed by atoms with Crippen LogP contribution in [0.2, 0.25) is 0 Å². The fourth-order valence-electron chi connectivity index (χ4n) is 2.79. The van der Waals surface area contributed by atoms with E-state index in [0.717, 1.165) is 0 Å². The molecule has 162 valence electrons. The van der Waals surface area contributed by atoms with Crippen LogP contribution < -0.4 is 29.6 Å². The molecule has 0 aliphatic carbocycles. The molecule has 2 aromatic carbocycles. The monoisotopic (exact) mass is 427 g/mol. The molecule has 0 radical (unpaired) electrons. The van der Waals surface area contributed by atoms with Crippen molar-refractivity contribution in [3.05, 3.63) is 52.8 Å². The van der Waals surface area contributed by atoms with Crippen LogP contribution in [0.4, 0.5) is 28.7 Å². The summed E-state index contributed by atoms with van der Waals surface area (Å²) in [7, 11) is 6.03. The van der Waals surface area contributed by atoms with E-state index in [2.05, 4.69) is 20.6 Å². The van der Waals surface area contributed by atoms with E-state index in [-0.39, 0.29) is 17.3 Å². The number of nitro groups is 1. The molecule has 0 atom stereocenters. The molecule has 0 spiro atoms. The third kappa shape index (κ3) is 4.66. The van der Waals surface area contributed by atoms with Gasteiger partial charge in [-0.2, -0.15) is 0 Å². The summed E-state index contributed by atoms with van der Waals surface area (Å²) in [6.07, 6.45) is 1.21. The minimum absolute atomic E-state index is 0.0153. The van der Waals surface area contributed by atoms with Crippen molar-refractivity contribution >= 4 is 28.7 Å². The van der Waals surface area contributed by atoms with Gasteiger partial charge in [-0.25, -0.2) is 9.97 Å². The fourth-order valence-corrected chi connectivity index (χ4v) is 2.79. The molecule has 0 aliphatic rings. The summed E-state index contributed by atoms with van der Waals surface area (Å²) in [6.45, 7) is 0. The molecule has 1 heterocycles. The van der Waals surface area contributed by atoms with E-state index in [4.69, 9.17) is 18.9 Å². The Morgan fingerprint density at radius 2 is 1.23 bits per heavy atom. The lowest BCUT2D eigenvalue weighted by atomic mass is 10.2. The lowest BCUT2D eigenvalue weighted by Crippen LogP contribution is -2.06. The first-order chi connectivity index (χ1) is 15.0. The zero-order valence-electron chi connectivity index (χ0n) is 17.3. The van der Waals surface area contributed by atoms with Crippen LogP contribution in [0.3, 0.4) is 0 Å². The van der Waals surface area contributed by atoms with Gasteiger partial charge in [-0.15, -0.1) is 0 Å². The maximum atomic E-state index is 11.9. The van der Waals surface area contributed by atoms with E-state index in [1.54, 1.807) is 36.4 Å². The fraction of sp³-hybridized carbons (Fsp3) is 0.200.